The van der Waals surface area contributed by atoms with E-state index in [1.54, 1.807) is 24.7 Å². The lowest BCUT2D eigenvalue weighted by Crippen LogP contribution is -2.47. The van der Waals surface area contributed by atoms with Crippen molar-refractivity contribution in [3.8, 4) is 0 Å². The average molecular weight is 334 g/mol. The molecule has 0 saturated carbocycles. The predicted octanol–water partition coefficient (Wildman–Crippen LogP) is 1.45. The molecule has 1 aliphatic rings. The van der Waals surface area contributed by atoms with Crippen LogP contribution in [0.4, 0.5) is 11.6 Å². The highest BCUT2D eigenvalue weighted by Crippen LogP contribution is 2.25. The van der Waals surface area contributed by atoms with Gasteiger partial charge in [0.1, 0.15) is 18.0 Å². The fourth-order valence-corrected chi connectivity index (χ4v) is 3.21. The Kier molecular flexibility index (Phi) is 3.89. The Balaban J connectivity index is 1.57. The van der Waals surface area contributed by atoms with Crippen LogP contribution in [0.3, 0.4) is 0 Å². The SMILES string of the molecule is NC(=O)c1cccnc1N1CCN(c2ncnc3ccccc23)CC1. The zero-order valence-electron chi connectivity index (χ0n) is 13.7. The molecule has 0 radical (unpaired) electrons. The molecule has 3 aromatic rings. The van der Waals surface area contributed by atoms with E-state index in [2.05, 4.69) is 24.8 Å². The van der Waals surface area contributed by atoms with Gasteiger partial charge in [-0.3, -0.25) is 4.79 Å². The van der Waals surface area contributed by atoms with Crippen LogP contribution in [-0.4, -0.2) is 47.0 Å². The van der Waals surface area contributed by atoms with Gasteiger partial charge in [0, 0.05) is 37.8 Å². The van der Waals surface area contributed by atoms with E-state index >= 15 is 0 Å². The second kappa shape index (κ2) is 6.35. The van der Waals surface area contributed by atoms with E-state index in [0.29, 0.717) is 11.4 Å². The molecule has 7 nitrogen and oxygen atoms in total. The van der Waals surface area contributed by atoms with Gasteiger partial charge in [0.05, 0.1) is 11.1 Å². The zero-order valence-corrected chi connectivity index (χ0v) is 13.7. The zero-order chi connectivity index (χ0) is 17.2. The lowest BCUT2D eigenvalue weighted by atomic mass is 10.2. The smallest absolute Gasteiger partial charge is 0.252 e. The number of primary amides is 1. The summed E-state index contributed by atoms with van der Waals surface area (Å²) in [5, 5.41) is 1.05. The van der Waals surface area contributed by atoms with E-state index in [4.69, 9.17) is 5.73 Å². The van der Waals surface area contributed by atoms with E-state index < -0.39 is 5.91 Å². The Morgan fingerprint density at radius 2 is 1.60 bits per heavy atom. The van der Waals surface area contributed by atoms with Crippen molar-refractivity contribution in [2.75, 3.05) is 36.0 Å². The first kappa shape index (κ1) is 15.3. The molecule has 0 atom stereocenters. The number of para-hydroxylation sites is 1. The van der Waals surface area contributed by atoms with Crippen molar-refractivity contribution in [1.82, 2.24) is 15.0 Å². The Morgan fingerprint density at radius 1 is 0.880 bits per heavy atom. The van der Waals surface area contributed by atoms with Gasteiger partial charge in [0.25, 0.3) is 5.91 Å². The highest BCUT2D eigenvalue weighted by Gasteiger charge is 2.23. The van der Waals surface area contributed by atoms with Crippen LogP contribution in [0.5, 0.6) is 0 Å². The standard InChI is InChI=1S/C18H18N6O/c19-16(25)14-5-3-7-20-18(14)24-10-8-23(9-11-24)17-13-4-1-2-6-15(13)21-12-22-17/h1-7,12H,8-11H2,(H2,19,25). The fourth-order valence-electron chi connectivity index (χ4n) is 3.21. The molecule has 1 amide bonds. The molecule has 4 rings (SSSR count). The van der Waals surface area contributed by atoms with Gasteiger partial charge in [-0.05, 0) is 24.3 Å². The van der Waals surface area contributed by atoms with E-state index in [0.717, 1.165) is 42.9 Å². The normalized spacial score (nSPS) is 14.7. The highest BCUT2D eigenvalue weighted by molar-refractivity contribution is 5.97. The van der Waals surface area contributed by atoms with Gasteiger partial charge in [-0.25, -0.2) is 15.0 Å². The van der Waals surface area contributed by atoms with Crippen molar-refractivity contribution in [3.63, 3.8) is 0 Å². The van der Waals surface area contributed by atoms with Crippen LogP contribution in [0.2, 0.25) is 0 Å². The van der Waals surface area contributed by atoms with Crippen LogP contribution >= 0.6 is 0 Å². The van der Waals surface area contributed by atoms with Gasteiger partial charge in [-0.15, -0.1) is 0 Å². The summed E-state index contributed by atoms with van der Waals surface area (Å²) < 4.78 is 0. The number of carbonyl (C=O) groups is 1. The molecule has 0 aliphatic carbocycles. The van der Waals surface area contributed by atoms with E-state index in [1.165, 1.54) is 0 Å². The second-order valence-electron chi connectivity index (χ2n) is 5.93. The maximum absolute atomic E-state index is 11.6. The summed E-state index contributed by atoms with van der Waals surface area (Å²) in [5.74, 6) is 1.15. The topological polar surface area (TPSA) is 88.2 Å². The van der Waals surface area contributed by atoms with Crippen LogP contribution in [0.1, 0.15) is 10.4 Å². The lowest BCUT2D eigenvalue weighted by Gasteiger charge is -2.36. The summed E-state index contributed by atoms with van der Waals surface area (Å²) in [7, 11) is 0. The number of piperazine rings is 1. The molecule has 2 aromatic heterocycles. The number of pyridine rings is 1. The first-order valence-corrected chi connectivity index (χ1v) is 8.18. The van der Waals surface area contributed by atoms with Crippen molar-refractivity contribution < 1.29 is 4.79 Å². The molecule has 0 spiro atoms. The molecule has 7 heteroatoms. The van der Waals surface area contributed by atoms with E-state index in [1.807, 2.05) is 24.3 Å². The minimum Gasteiger partial charge on any atom is -0.365 e. The van der Waals surface area contributed by atoms with Gasteiger partial charge >= 0.3 is 0 Å². The number of anilines is 2. The fraction of sp³-hybridized carbons (Fsp3) is 0.222. The van der Waals surface area contributed by atoms with Gasteiger partial charge in [-0.2, -0.15) is 0 Å². The van der Waals surface area contributed by atoms with Gasteiger partial charge in [-0.1, -0.05) is 12.1 Å². The molecule has 0 unspecified atom stereocenters. The summed E-state index contributed by atoms with van der Waals surface area (Å²) in [6.07, 6.45) is 3.29. The number of hydrogen-bond acceptors (Lipinski definition) is 6. The average Bonchev–Trinajstić information content (AvgIpc) is 2.68. The quantitative estimate of drug-likeness (QED) is 0.780. The molecule has 1 aromatic carbocycles. The molecule has 1 fully saturated rings. The Bertz CT molecular complexity index is 915. The summed E-state index contributed by atoms with van der Waals surface area (Å²) in [5.41, 5.74) is 6.87. The summed E-state index contributed by atoms with van der Waals surface area (Å²) >= 11 is 0. The minimum atomic E-state index is -0.452. The van der Waals surface area contributed by atoms with Crippen LogP contribution < -0.4 is 15.5 Å². The Hall–Kier alpha value is -3.22. The number of nitrogens with two attached hydrogens (primary N) is 1. The van der Waals surface area contributed by atoms with Crippen LogP contribution in [0, 0.1) is 0 Å². The maximum Gasteiger partial charge on any atom is 0.252 e. The first-order valence-electron chi connectivity index (χ1n) is 8.18. The molecular formula is C18H18N6O. The molecule has 25 heavy (non-hydrogen) atoms. The monoisotopic (exact) mass is 334 g/mol. The van der Waals surface area contributed by atoms with Gasteiger partial charge < -0.3 is 15.5 Å². The van der Waals surface area contributed by atoms with Crippen molar-refractivity contribution in [2.45, 2.75) is 0 Å². The van der Waals surface area contributed by atoms with E-state index in [-0.39, 0.29) is 0 Å². The third kappa shape index (κ3) is 2.84. The summed E-state index contributed by atoms with van der Waals surface area (Å²) in [4.78, 5) is 29.1. The number of carbonyl (C=O) groups excluding carboxylic acids is 1. The van der Waals surface area contributed by atoms with Crippen molar-refractivity contribution in [3.05, 3.63) is 54.5 Å². The Morgan fingerprint density at radius 3 is 2.36 bits per heavy atom. The number of benzene rings is 1. The number of rotatable bonds is 3. The predicted molar refractivity (Wildman–Crippen MR) is 96.7 cm³/mol. The number of hydrogen-bond donors (Lipinski definition) is 1. The second-order valence-corrected chi connectivity index (χ2v) is 5.93. The van der Waals surface area contributed by atoms with Crippen molar-refractivity contribution in [1.29, 1.82) is 0 Å². The Labute approximate surface area is 145 Å². The molecule has 1 saturated heterocycles. The molecule has 126 valence electrons. The van der Waals surface area contributed by atoms with E-state index in [9.17, 15) is 4.79 Å². The minimum absolute atomic E-state index is 0.452. The molecule has 2 N–H and O–H groups in total. The highest BCUT2D eigenvalue weighted by atomic mass is 16.1. The van der Waals surface area contributed by atoms with Gasteiger partial charge in [0.15, 0.2) is 0 Å². The third-order valence-electron chi connectivity index (χ3n) is 4.45. The van der Waals surface area contributed by atoms with Gasteiger partial charge in [0.2, 0.25) is 0 Å². The molecule has 3 heterocycles. The van der Waals surface area contributed by atoms with Crippen LogP contribution in [0.15, 0.2) is 48.9 Å². The molecule has 0 bridgehead atoms. The first-order chi connectivity index (χ1) is 12.2. The number of fused-ring (bicyclic) bond motifs is 1. The number of amides is 1. The number of aromatic nitrogens is 3. The third-order valence-corrected chi connectivity index (χ3v) is 4.45. The lowest BCUT2D eigenvalue weighted by molar-refractivity contribution is 0.100. The summed E-state index contributed by atoms with van der Waals surface area (Å²) in [6, 6.07) is 11.5. The molecular weight excluding hydrogens is 316 g/mol. The maximum atomic E-state index is 11.6. The van der Waals surface area contributed by atoms with Crippen molar-refractivity contribution in [2.24, 2.45) is 5.73 Å². The summed E-state index contributed by atoms with van der Waals surface area (Å²) in [6.45, 7) is 3.07. The molecule has 1 aliphatic heterocycles. The van der Waals surface area contributed by atoms with Crippen LogP contribution in [-0.2, 0) is 0 Å². The van der Waals surface area contributed by atoms with Crippen molar-refractivity contribution >= 4 is 28.4 Å². The largest absolute Gasteiger partial charge is 0.365 e. The number of nitrogens with zero attached hydrogens (tertiary/aromatic N) is 5. The van der Waals surface area contributed by atoms with Crippen LogP contribution in [0.25, 0.3) is 10.9 Å².